The van der Waals surface area contributed by atoms with Gasteiger partial charge < -0.3 is 10.4 Å². The van der Waals surface area contributed by atoms with Crippen molar-refractivity contribution < 1.29 is 9.50 Å². The first-order valence-electron chi connectivity index (χ1n) is 5.33. The molecule has 0 aliphatic carbocycles. The quantitative estimate of drug-likeness (QED) is 0.836. The zero-order chi connectivity index (χ0) is 12.1. The fraction of sp³-hybridized carbons (Fsp3) is 0.500. The maximum atomic E-state index is 12.8. The summed E-state index contributed by atoms with van der Waals surface area (Å²) in [5, 5.41) is 12.6. The van der Waals surface area contributed by atoms with Gasteiger partial charge in [-0.25, -0.2) is 4.39 Å². The second kappa shape index (κ2) is 6.18. The van der Waals surface area contributed by atoms with Crippen molar-refractivity contribution in [1.82, 2.24) is 5.32 Å². The first-order valence-corrected chi connectivity index (χ1v) is 5.71. The standard InChI is InChI=1S/C12H17ClFNO/c1-8(7-16)6-15-9(2)11-4-3-10(14)5-12(11)13/h3-5,8-9,15-16H,6-7H2,1-2H3. The van der Waals surface area contributed by atoms with Gasteiger partial charge in [-0.3, -0.25) is 0 Å². The van der Waals surface area contributed by atoms with E-state index >= 15 is 0 Å². The molecule has 1 rings (SSSR count). The largest absolute Gasteiger partial charge is 0.396 e. The number of hydrogen-bond acceptors (Lipinski definition) is 2. The molecule has 2 unspecified atom stereocenters. The van der Waals surface area contributed by atoms with E-state index < -0.39 is 0 Å². The van der Waals surface area contributed by atoms with Gasteiger partial charge in [0, 0.05) is 24.2 Å². The molecule has 0 bridgehead atoms. The lowest BCUT2D eigenvalue weighted by Crippen LogP contribution is -2.26. The molecule has 0 amide bonds. The smallest absolute Gasteiger partial charge is 0.124 e. The summed E-state index contributed by atoms with van der Waals surface area (Å²) in [6.45, 7) is 4.76. The third kappa shape index (κ3) is 3.74. The SMILES string of the molecule is CC(CO)CNC(C)c1ccc(F)cc1Cl. The van der Waals surface area contributed by atoms with Crippen molar-refractivity contribution >= 4 is 11.6 Å². The maximum absolute atomic E-state index is 12.8. The van der Waals surface area contributed by atoms with Gasteiger partial charge >= 0.3 is 0 Å². The van der Waals surface area contributed by atoms with E-state index in [0.717, 1.165) is 5.56 Å². The van der Waals surface area contributed by atoms with Crippen LogP contribution in [0.4, 0.5) is 4.39 Å². The summed E-state index contributed by atoms with van der Waals surface area (Å²) in [5.74, 6) is -0.133. The molecule has 0 radical (unpaired) electrons. The van der Waals surface area contributed by atoms with Gasteiger partial charge in [0.15, 0.2) is 0 Å². The Bertz CT molecular complexity index is 346. The topological polar surface area (TPSA) is 32.3 Å². The number of nitrogens with one attached hydrogen (secondary N) is 1. The van der Waals surface area contributed by atoms with Crippen LogP contribution in [-0.4, -0.2) is 18.3 Å². The molecule has 1 aromatic carbocycles. The molecule has 90 valence electrons. The van der Waals surface area contributed by atoms with Gasteiger partial charge in [-0.2, -0.15) is 0 Å². The molecule has 0 spiro atoms. The molecule has 2 nitrogen and oxygen atoms in total. The van der Waals surface area contributed by atoms with Crippen LogP contribution in [0.2, 0.25) is 5.02 Å². The van der Waals surface area contributed by atoms with E-state index in [1.54, 1.807) is 6.07 Å². The zero-order valence-corrected chi connectivity index (χ0v) is 10.3. The maximum Gasteiger partial charge on any atom is 0.124 e. The Hall–Kier alpha value is -0.640. The zero-order valence-electron chi connectivity index (χ0n) is 9.50. The van der Waals surface area contributed by atoms with Crippen LogP contribution >= 0.6 is 11.6 Å². The van der Waals surface area contributed by atoms with Crippen molar-refractivity contribution in [2.45, 2.75) is 19.9 Å². The molecular formula is C12H17ClFNO. The third-order valence-corrected chi connectivity index (χ3v) is 2.84. The number of benzene rings is 1. The van der Waals surface area contributed by atoms with Crippen molar-refractivity contribution in [2.24, 2.45) is 5.92 Å². The van der Waals surface area contributed by atoms with Crippen LogP contribution in [0.25, 0.3) is 0 Å². The number of rotatable bonds is 5. The van der Waals surface area contributed by atoms with E-state index in [1.165, 1.54) is 12.1 Å². The van der Waals surface area contributed by atoms with Crippen molar-refractivity contribution in [3.63, 3.8) is 0 Å². The van der Waals surface area contributed by atoms with E-state index in [2.05, 4.69) is 5.32 Å². The fourth-order valence-electron chi connectivity index (χ4n) is 1.41. The summed E-state index contributed by atoms with van der Waals surface area (Å²) in [6, 6.07) is 4.43. The summed E-state index contributed by atoms with van der Waals surface area (Å²) >= 11 is 5.94. The number of aliphatic hydroxyl groups excluding tert-OH is 1. The minimum absolute atomic E-state index is 0.0436. The molecule has 2 atom stereocenters. The Morgan fingerprint density at radius 1 is 1.44 bits per heavy atom. The van der Waals surface area contributed by atoms with Gasteiger partial charge in [-0.15, -0.1) is 0 Å². The van der Waals surface area contributed by atoms with Crippen LogP contribution in [0.3, 0.4) is 0 Å². The molecule has 1 aromatic rings. The predicted molar refractivity (Wildman–Crippen MR) is 64.1 cm³/mol. The van der Waals surface area contributed by atoms with E-state index in [-0.39, 0.29) is 24.4 Å². The van der Waals surface area contributed by atoms with Gasteiger partial charge in [-0.05, 0) is 30.5 Å². The van der Waals surface area contributed by atoms with Gasteiger partial charge in [0.1, 0.15) is 5.82 Å². The number of aliphatic hydroxyl groups is 1. The van der Waals surface area contributed by atoms with Crippen molar-refractivity contribution in [3.8, 4) is 0 Å². The number of hydrogen-bond donors (Lipinski definition) is 2. The van der Waals surface area contributed by atoms with Crippen molar-refractivity contribution in [3.05, 3.63) is 34.6 Å². The molecule has 16 heavy (non-hydrogen) atoms. The van der Waals surface area contributed by atoms with E-state index in [4.69, 9.17) is 16.7 Å². The molecule has 0 aliphatic heterocycles. The van der Waals surface area contributed by atoms with Crippen molar-refractivity contribution in [2.75, 3.05) is 13.2 Å². The van der Waals surface area contributed by atoms with Gasteiger partial charge in [0.25, 0.3) is 0 Å². The first kappa shape index (κ1) is 13.4. The van der Waals surface area contributed by atoms with E-state index in [0.29, 0.717) is 11.6 Å². The second-order valence-electron chi connectivity index (χ2n) is 4.08. The number of halogens is 2. The molecule has 0 saturated carbocycles. The second-order valence-corrected chi connectivity index (χ2v) is 4.49. The lowest BCUT2D eigenvalue weighted by molar-refractivity contribution is 0.231. The summed E-state index contributed by atoms with van der Waals surface area (Å²) in [4.78, 5) is 0. The van der Waals surface area contributed by atoms with Crippen LogP contribution in [0.1, 0.15) is 25.5 Å². The highest BCUT2D eigenvalue weighted by atomic mass is 35.5. The molecule has 0 saturated heterocycles. The van der Waals surface area contributed by atoms with E-state index in [9.17, 15) is 4.39 Å². The molecular weight excluding hydrogens is 229 g/mol. The normalized spacial score (nSPS) is 14.8. The average molecular weight is 246 g/mol. The highest BCUT2D eigenvalue weighted by molar-refractivity contribution is 6.31. The highest BCUT2D eigenvalue weighted by Gasteiger charge is 2.10. The lowest BCUT2D eigenvalue weighted by atomic mass is 10.1. The molecule has 0 aromatic heterocycles. The summed E-state index contributed by atoms with van der Waals surface area (Å²) in [7, 11) is 0. The van der Waals surface area contributed by atoms with Crippen LogP contribution in [0.15, 0.2) is 18.2 Å². The van der Waals surface area contributed by atoms with Gasteiger partial charge in [0.05, 0.1) is 0 Å². The Balaban J connectivity index is 2.62. The van der Waals surface area contributed by atoms with Crippen LogP contribution < -0.4 is 5.32 Å². The van der Waals surface area contributed by atoms with Crippen molar-refractivity contribution in [1.29, 1.82) is 0 Å². The fourth-order valence-corrected chi connectivity index (χ4v) is 1.74. The molecule has 0 fully saturated rings. The average Bonchev–Trinajstić information content (AvgIpc) is 2.25. The van der Waals surface area contributed by atoms with Gasteiger partial charge in [0.2, 0.25) is 0 Å². The lowest BCUT2D eigenvalue weighted by Gasteiger charge is -2.18. The Morgan fingerprint density at radius 2 is 2.12 bits per heavy atom. The Labute approximate surface area is 100 Å². The minimum Gasteiger partial charge on any atom is -0.396 e. The summed E-state index contributed by atoms with van der Waals surface area (Å²) in [5.41, 5.74) is 0.869. The summed E-state index contributed by atoms with van der Waals surface area (Å²) < 4.78 is 12.8. The Morgan fingerprint density at radius 3 is 2.69 bits per heavy atom. The predicted octanol–water partition coefficient (Wildman–Crippen LogP) is 2.76. The minimum atomic E-state index is -0.329. The highest BCUT2D eigenvalue weighted by Crippen LogP contribution is 2.23. The van der Waals surface area contributed by atoms with E-state index in [1.807, 2.05) is 13.8 Å². The van der Waals surface area contributed by atoms with Crippen LogP contribution in [-0.2, 0) is 0 Å². The molecule has 0 aliphatic rings. The third-order valence-electron chi connectivity index (χ3n) is 2.51. The first-order chi connectivity index (χ1) is 7.54. The van der Waals surface area contributed by atoms with Crippen LogP contribution in [0, 0.1) is 11.7 Å². The molecule has 4 heteroatoms. The molecule has 2 N–H and O–H groups in total. The Kier molecular flexibility index (Phi) is 5.19. The summed E-state index contributed by atoms with van der Waals surface area (Å²) in [6.07, 6.45) is 0. The van der Waals surface area contributed by atoms with Crippen LogP contribution in [0.5, 0.6) is 0 Å². The van der Waals surface area contributed by atoms with Gasteiger partial charge in [-0.1, -0.05) is 24.6 Å². The molecule has 0 heterocycles. The monoisotopic (exact) mass is 245 g/mol.